The minimum atomic E-state index is -0.135. The summed E-state index contributed by atoms with van der Waals surface area (Å²) in [5, 5.41) is 9.01. The van der Waals surface area contributed by atoms with Crippen molar-refractivity contribution in [2.45, 2.75) is 18.1 Å². The van der Waals surface area contributed by atoms with Gasteiger partial charge in [-0.15, -0.1) is 0 Å². The van der Waals surface area contributed by atoms with Crippen molar-refractivity contribution < 1.29 is 5.11 Å². The molecule has 11 heavy (non-hydrogen) atoms. The summed E-state index contributed by atoms with van der Waals surface area (Å²) in [5.74, 6) is 0. The van der Waals surface area contributed by atoms with E-state index in [1.54, 1.807) is 21.6 Å². The fourth-order valence-electron chi connectivity index (χ4n) is 0.641. The molecule has 0 radical (unpaired) electrons. The van der Waals surface area contributed by atoms with E-state index in [0.29, 0.717) is 6.54 Å². The highest BCUT2D eigenvalue weighted by atomic mass is 33.1. The van der Waals surface area contributed by atoms with Gasteiger partial charge in [-0.05, 0) is 13.2 Å². The van der Waals surface area contributed by atoms with Gasteiger partial charge in [0.15, 0.2) is 0 Å². The van der Waals surface area contributed by atoms with E-state index in [9.17, 15) is 0 Å². The topological polar surface area (TPSA) is 24.6 Å². The molecule has 1 unspecified atom stereocenters. The number of aliphatic hydroxyl groups is 1. The van der Waals surface area contributed by atoms with E-state index in [1.165, 1.54) is 0 Å². The Morgan fingerprint density at radius 1 is 1.64 bits per heavy atom. The molecule has 0 aliphatic heterocycles. The molecule has 4 heteroatoms. The van der Waals surface area contributed by atoms with Gasteiger partial charge in [0.1, 0.15) is 0 Å². The van der Waals surface area contributed by atoms with Gasteiger partial charge < -0.3 is 9.95 Å². The van der Waals surface area contributed by atoms with Gasteiger partial charge in [-0.3, -0.25) is 0 Å². The molecule has 64 valence electrons. The maximum Gasteiger partial charge on any atom is 0.216 e. The second-order valence-corrected chi connectivity index (χ2v) is 5.48. The predicted molar refractivity (Wildman–Crippen MR) is 52.7 cm³/mol. The van der Waals surface area contributed by atoms with Crippen LogP contribution in [0.25, 0.3) is 4.85 Å². The molecule has 0 aromatic carbocycles. The van der Waals surface area contributed by atoms with Crippen LogP contribution in [-0.2, 0) is 0 Å². The Bertz CT molecular complexity index is 146. The summed E-state index contributed by atoms with van der Waals surface area (Å²) < 4.78 is -0.135. The molecule has 2 nitrogen and oxygen atoms in total. The largest absolute Gasteiger partial charge is 0.395 e. The van der Waals surface area contributed by atoms with Crippen LogP contribution in [-0.4, -0.2) is 29.3 Å². The Morgan fingerprint density at radius 2 is 2.27 bits per heavy atom. The SMILES string of the molecule is [C-]#[N+]CCC(C)(CO)SSC. The van der Waals surface area contributed by atoms with Crippen molar-refractivity contribution in [1.82, 2.24) is 0 Å². The van der Waals surface area contributed by atoms with Crippen molar-refractivity contribution in [2.24, 2.45) is 0 Å². The van der Waals surface area contributed by atoms with E-state index in [2.05, 4.69) is 4.85 Å². The van der Waals surface area contributed by atoms with Crippen LogP contribution in [0.1, 0.15) is 13.3 Å². The average molecular weight is 191 g/mol. The number of hydrogen-bond donors (Lipinski definition) is 1. The Labute approximate surface area is 76.0 Å². The van der Waals surface area contributed by atoms with Gasteiger partial charge in [0.25, 0.3) is 0 Å². The Hall–Kier alpha value is 0.150. The first kappa shape index (κ1) is 11.2. The van der Waals surface area contributed by atoms with E-state index in [-0.39, 0.29) is 11.4 Å². The molecule has 0 rings (SSSR count). The van der Waals surface area contributed by atoms with Crippen LogP contribution < -0.4 is 0 Å². The fourth-order valence-corrected chi connectivity index (χ4v) is 2.89. The third-order valence-electron chi connectivity index (χ3n) is 1.37. The minimum absolute atomic E-state index is 0.135. The lowest BCUT2D eigenvalue weighted by Crippen LogP contribution is -2.24. The van der Waals surface area contributed by atoms with Gasteiger partial charge in [-0.1, -0.05) is 21.6 Å². The van der Waals surface area contributed by atoms with Crippen LogP contribution in [0.15, 0.2) is 0 Å². The van der Waals surface area contributed by atoms with Crippen molar-refractivity contribution in [2.75, 3.05) is 19.4 Å². The molecule has 1 N–H and O–H groups in total. The van der Waals surface area contributed by atoms with Crippen LogP contribution in [0.2, 0.25) is 0 Å². The normalized spacial score (nSPS) is 15.5. The summed E-state index contributed by atoms with van der Waals surface area (Å²) >= 11 is 0. The average Bonchev–Trinajstić information content (AvgIpc) is 2.02. The highest BCUT2D eigenvalue weighted by molar-refractivity contribution is 8.77. The van der Waals surface area contributed by atoms with Crippen LogP contribution in [0, 0.1) is 6.57 Å². The molecule has 0 heterocycles. The third-order valence-corrected chi connectivity index (χ3v) is 3.98. The zero-order valence-corrected chi connectivity index (χ0v) is 8.47. The summed E-state index contributed by atoms with van der Waals surface area (Å²) in [7, 11) is 3.28. The highest BCUT2D eigenvalue weighted by Gasteiger charge is 2.24. The maximum atomic E-state index is 9.01. The molecule has 1 atom stereocenters. The number of nitrogens with zero attached hydrogens (tertiary/aromatic N) is 1. The molecule has 0 fully saturated rings. The van der Waals surface area contributed by atoms with Crippen molar-refractivity contribution in [3.8, 4) is 0 Å². The molecular weight excluding hydrogens is 178 g/mol. The monoisotopic (exact) mass is 191 g/mol. The van der Waals surface area contributed by atoms with Crippen molar-refractivity contribution in [3.63, 3.8) is 0 Å². The molecule has 0 bridgehead atoms. The number of hydrogen-bond acceptors (Lipinski definition) is 3. The number of aliphatic hydroxyl groups excluding tert-OH is 1. The Morgan fingerprint density at radius 3 is 2.64 bits per heavy atom. The summed E-state index contributed by atoms with van der Waals surface area (Å²) in [6.45, 7) is 9.25. The molecule has 0 aliphatic rings. The van der Waals surface area contributed by atoms with Gasteiger partial charge >= 0.3 is 0 Å². The zero-order chi connectivity index (χ0) is 8.74. The fraction of sp³-hybridized carbons (Fsp3) is 0.857. The lowest BCUT2D eigenvalue weighted by molar-refractivity contribution is 0.253. The van der Waals surface area contributed by atoms with E-state index in [1.807, 2.05) is 13.2 Å². The molecule has 0 aliphatic carbocycles. The second kappa shape index (κ2) is 5.76. The molecule has 0 saturated heterocycles. The van der Waals surface area contributed by atoms with E-state index in [4.69, 9.17) is 11.7 Å². The first-order chi connectivity index (χ1) is 5.18. The Balaban J connectivity index is 3.79. The summed E-state index contributed by atoms with van der Waals surface area (Å²) in [4.78, 5) is 3.27. The third kappa shape index (κ3) is 4.57. The molecule has 0 amide bonds. The van der Waals surface area contributed by atoms with Crippen molar-refractivity contribution in [3.05, 3.63) is 11.4 Å². The van der Waals surface area contributed by atoms with Crippen LogP contribution in [0.5, 0.6) is 0 Å². The Kier molecular flexibility index (Phi) is 5.83. The van der Waals surface area contributed by atoms with E-state index in [0.717, 1.165) is 6.42 Å². The van der Waals surface area contributed by atoms with Gasteiger partial charge in [-0.25, -0.2) is 6.57 Å². The van der Waals surface area contributed by atoms with Crippen LogP contribution in [0.3, 0.4) is 0 Å². The summed E-state index contributed by atoms with van der Waals surface area (Å²) in [6, 6.07) is 0. The smallest absolute Gasteiger partial charge is 0.216 e. The van der Waals surface area contributed by atoms with Gasteiger partial charge in [-0.2, -0.15) is 0 Å². The van der Waals surface area contributed by atoms with Gasteiger partial charge in [0.2, 0.25) is 6.54 Å². The number of rotatable bonds is 5. The minimum Gasteiger partial charge on any atom is -0.395 e. The van der Waals surface area contributed by atoms with E-state index < -0.39 is 0 Å². The first-order valence-electron chi connectivity index (χ1n) is 3.34. The van der Waals surface area contributed by atoms with Crippen LogP contribution in [0.4, 0.5) is 0 Å². The summed E-state index contributed by atoms with van der Waals surface area (Å²) in [5.41, 5.74) is 0. The quantitative estimate of drug-likeness (QED) is 0.532. The molecule has 0 aromatic rings. The van der Waals surface area contributed by atoms with Gasteiger partial charge in [0.05, 0.1) is 11.4 Å². The zero-order valence-electron chi connectivity index (χ0n) is 6.83. The van der Waals surface area contributed by atoms with Crippen molar-refractivity contribution >= 4 is 21.6 Å². The maximum absolute atomic E-state index is 9.01. The van der Waals surface area contributed by atoms with E-state index >= 15 is 0 Å². The lowest BCUT2D eigenvalue weighted by atomic mass is 10.1. The second-order valence-electron chi connectivity index (χ2n) is 2.49. The predicted octanol–water partition coefficient (Wildman–Crippen LogP) is 2.06. The lowest BCUT2D eigenvalue weighted by Gasteiger charge is -2.22. The standard InChI is InChI=1S/C7H13NOS2/c1-7(6-9,11-10-3)4-5-8-2/h9H,4-6H2,1,3H3. The van der Waals surface area contributed by atoms with Gasteiger partial charge in [0, 0.05) is 6.42 Å². The first-order valence-corrected chi connectivity index (χ1v) is 5.90. The summed E-state index contributed by atoms with van der Waals surface area (Å²) in [6.07, 6.45) is 2.74. The molecule has 0 spiro atoms. The molecule has 0 saturated carbocycles. The molecular formula is C7H13NOS2. The van der Waals surface area contributed by atoms with Crippen LogP contribution >= 0.6 is 21.6 Å². The molecule has 0 aromatic heterocycles. The van der Waals surface area contributed by atoms with Crippen molar-refractivity contribution in [1.29, 1.82) is 0 Å². The highest BCUT2D eigenvalue weighted by Crippen LogP contribution is 2.36.